The summed E-state index contributed by atoms with van der Waals surface area (Å²) in [6.45, 7) is 9.61. The van der Waals surface area contributed by atoms with Crippen LogP contribution in [0.3, 0.4) is 0 Å². The van der Waals surface area contributed by atoms with Gasteiger partial charge in [0.1, 0.15) is 0 Å². The van der Waals surface area contributed by atoms with E-state index in [9.17, 15) is 0 Å². The van der Waals surface area contributed by atoms with E-state index >= 15 is 0 Å². The number of hydrogen-bond donors (Lipinski definition) is 1. The van der Waals surface area contributed by atoms with E-state index in [0.717, 1.165) is 23.8 Å². The molecule has 0 aromatic heterocycles. The fourth-order valence-corrected chi connectivity index (χ4v) is 3.78. The summed E-state index contributed by atoms with van der Waals surface area (Å²) in [6, 6.07) is 1.20. The molecule has 2 heteroatoms. The monoisotopic (exact) mass is 238 g/mol. The maximum atomic E-state index is 6.09. The summed E-state index contributed by atoms with van der Waals surface area (Å²) in [5.74, 6) is 2.54. The first kappa shape index (κ1) is 13.4. The Morgan fingerprint density at radius 3 is 2.65 bits per heavy atom. The molecule has 1 aliphatic carbocycles. The quantitative estimate of drug-likeness (QED) is 0.801. The molecule has 17 heavy (non-hydrogen) atoms. The molecule has 1 heterocycles. The van der Waals surface area contributed by atoms with Gasteiger partial charge in [0.2, 0.25) is 0 Å². The van der Waals surface area contributed by atoms with Gasteiger partial charge in [0.15, 0.2) is 0 Å². The van der Waals surface area contributed by atoms with Crippen LogP contribution in [0, 0.1) is 17.8 Å². The third kappa shape index (κ3) is 3.23. The first-order valence-electron chi connectivity index (χ1n) is 7.57. The number of piperidine rings is 1. The van der Waals surface area contributed by atoms with Crippen molar-refractivity contribution >= 4 is 0 Å². The average Bonchev–Trinajstić information content (AvgIpc) is 2.32. The number of nitrogens with zero attached hydrogens (tertiary/aromatic N) is 1. The van der Waals surface area contributed by atoms with E-state index in [-0.39, 0.29) is 0 Å². The fourth-order valence-electron chi connectivity index (χ4n) is 3.78. The zero-order chi connectivity index (χ0) is 12.4. The highest BCUT2D eigenvalue weighted by atomic mass is 15.2. The van der Waals surface area contributed by atoms with Crippen molar-refractivity contribution < 1.29 is 0 Å². The highest BCUT2D eigenvalue weighted by molar-refractivity contribution is 4.88. The molecule has 0 spiro atoms. The van der Waals surface area contributed by atoms with Crippen molar-refractivity contribution in [3.8, 4) is 0 Å². The molecule has 5 unspecified atom stereocenters. The largest absolute Gasteiger partial charge is 0.328 e. The lowest BCUT2D eigenvalue weighted by atomic mass is 9.78. The molecular weight excluding hydrogens is 208 g/mol. The third-order valence-corrected chi connectivity index (χ3v) is 5.12. The summed E-state index contributed by atoms with van der Waals surface area (Å²) in [5.41, 5.74) is 6.09. The molecule has 0 aromatic carbocycles. The fraction of sp³-hybridized carbons (Fsp3) is 1.00. The first-order chi connectivity index (χ1) is 8.08. The SMILES string of the molecule is CC1CCC(C)C(N2CCCC(C(C)N)C2)C1. The van der Waals surface area contributed by atoms with E-state index in [1.807, 2.05) is 0 Å². The number of likely N-dealkylation sites (tertiary alicyclic amines) is 1. The standard InChI is InChI=1S/C15H30N2/c1-11-6-7-12(2)15(9-11)17-8-4-5-14(10-17)13(3)16/h11-15H,4-10,16H2,1-3H3. The van der Waals surface area contributed by atoms with Crippen molar-refractivity contribution in [3.05, 3.63) is 0 Å². The van der Waals surface area contributed by atoms with Gasteiger partial charge < -0.3 is 5.73 Å². The maximum Gasteiger partial charge on any atom is 0.0123 e. The Bertz CT molecular complexity index is 239. The molecule has 0 aromatic rings. The second-order valence-electron chi connectivity index (χ2n) is 6.72. The molecule has 1 aliphatic heterocycles. The summed E-state index contributed by atoms with van der Waals surface area (Å²) in [5, 5.41) is 0. The van der Waals surface area contributed by atoms with Crippen molar-refractivity contribution in [3.63, 3.8) is 0 Å². The van der Waals surface area contributed by atoms with Gasteiger partial charge in [-0.2, -0.15) is 0 Å². The van der Waals surface area contributed by atoms with Gasteiger partial charge in [-0.05, 0) is 56.9 Å². The van der Waals surface area contributed by atoms with Gasteiger partial charge in [0.25, 0.3) is 0 Å². The van der Waals surface area contributed by atoms with E-state index in [1.54, 1.807) is 0 Å². The van der Waals surface area contributed by atoms with Gasteiger partial charge in [-0.25, -0.2) is 0 Å². The Labute approximate surface area is 107 Å². The Hall–Kier alpha value is -0.0800. The van der Waals surface area contributed by atoms with Crippen LogP contribution in [0.4, 0.5) is 0 Å². The summed E-state index contributed by atoms with van der Waals surface area (Å²) in [6.07, 6.45) is 6.95. The predicted octanol–water partition coefficient (Wildman–Crippen LogP) is 2.87. The topological polar surface area (TPSA) is 29.3 Å². The van der Waals surface area contributed by atoms with E-state index in [4.69, 9.17) is 5.73 Å². The molecular formula is C15H30N2. The summed E-state index contributed by atoms with van der Waals surface area (Å²) in [4.78, 5) is 2.76. The Kier molecular flexibility index (Phi) is 4.48. The van der Waals surface area contributed by atoms with Crippen molar-refractivity contribution in [1.29, 1.82) is 0 Å². The van der Waals surface area contributed by atoms with Crippen LogP contribution in [-0.2, 0) is 0 Å². The van der Waals surface area contributed by atoms with Crippen LogP contribution in [0.5, 0.6) is 0 Å². The molecule has 100 valence electrons. The third-order valence-electron chi connectivity index (χ3n) is 5.12. The number of nitrogens with two attached hydrogens (primary N) is 1. The Morgan fingerprint density at radius 1 is 1.18 bits per heavy atom. The van der Waals surface area contributed by atoms with Crippen LogP contribution in [-0.4, -0.2) is 30.1 Å². The highest BCUT2D eigenvalue weighted by Gasteiger charge is 2.33. The lowest BCUT2D eigenvalue weighted by molar-refractivity contribution is 0.0485. The Morgan fingerprint density at radius 2 is 1.94 bits per heavy atom. The summed E-state index contributed by atoms with van der Waals surface area (Å²) >= 11 is 0. The first-order valence-corrected chi connectivity index (χ1v) is 7.57. The molecule has 2 fully saturated rings. The summed E-state index contributed by atoms with van der Waals surface area (Å²) < 4.78 is 0. The van der Waals surface area contributed by atoms with Gasteiger partial charge in [0, 0.05) is 18.6 Å². The Balaban J connectivity index is 1.95. The van der Waals surface area contributed by atoms with Crippen LogP contribution < -0.4 is 5.73 Å². The van der Waals surface area contributed by atoms with E-state index in [1.165, 1.54) is 45.2 Å². The van der Waals surface area contributed by atoms with Crippen LogP contribution in [0.15, 0.2) is 0 Å². The second kappa shape index (κ2) is 5.71. The smallest absolute Gasteiger partial charge is 0.0123 e. The van der Waals surface area contributed by atoms with Gasteiger partial charge >= 0.3 is 0 Å². The molecule has 2 nitrogen and oxygen atoms in total. The maximum absolute atomic E-state index is 6.09. The van der Waals surface area contributed by atoms with Gasteiger partial charge in [-0.3, -0.25) is 4.90 Å². The highest BCUT2D eigenvalue weighted by Crippen LogP contribution is 2.34. The number of rotatable bonds is 2. The molecule has 2 rings (SSSR count). The van der Waals surface area contributed by atoms with Crippen molar-refractivity contribution in [2.75, 3.05) is 13.1 Å². The lowest BCUT2D eigenvalue weighted by Gasteiger charge is -2.45. The van der Waals surface area contributed by atoms with Gasteiger partial charge in [0.05, 0.1) is 0 Å². The minimum atomic E-state index is 0.370. The molecule has 5 atom stereocenters. The molecule has 0 amide bonds. The molecule has 0 radical (unpaired) electrons. The lowest BCUT2D eigenvalue weighted by Crippen LogP contribution is -2.50. The minimum absolute atomic E-state index is 0.370. The van der Waals surface area contributed by atoms with Crippen LogP contribution >= 0.6 is 0 Å². The molecule has 2 N–H and O–H groups in total. The molecule has 2 aliphatic rings. The van der Waals surface area contributed by atoms with Gasteiger partial charge in [-0.1, -0.05) is 20.3 Å². The van der Waals surface area contributed by atoms with E-state index in [0.29, 0.717) is 6.04 Å². The van der Waals surface area contributed by atoms with Crippen LogP contribution in [0.1, 0.15) is 52.9 Å². The predicted molar refractivity (Wildman–Crippen MR) is 73.9 cm³/mol. The molecule has 1 saturated heterocycles. The normalized spacial score (nSPS) is 42.4. The van der Waals surface area contributed by atoms with Crippen LogP contribution in [0.25, 0.3) is 0 Å². The van der Waals surface area contributed by atoms with E-state index in [2.05, 4.69) is 25.7 Å². The van der Waals surface area contributed by atoms with Gasteiger partial charge in [-0.15, -0.1) is 0 Å². The van der Waals surface area contributed by atoms with Crippen molar-refractivity contribution in [2.24, 2.45) is 23.5 Å². The van der Waals surface area contributed by atoms with Crippen molar-refractivity contribution in [2.45, 2.75) is 65.0 Å². The molecule has 0 bridgehead atoms. The minimum Gasteiger partial charge on any atom is -0.328 e. The average molecular weight is 238 g/mol. The zero-order valence-corrected chi connectivity index (χ0v) is 11.9. The van der Waals surface area contributed by atoms with Crippen LogP contribution in [0.2, 0.25) is 0 Å². The van der Waals surface area contributed by atoms with E-state index < -0.39 is 0 Å². The number of hydrogen-bond acceptors (Lipinski definition) is 2. The summed E-state index contributed by atoms with van der Waals surface area (Å²) in [7, 11) is 0. The zero-order valence-electron chi connectivity index (χ0n) is 11.9. The second-order valence-corrected chi connectivity index (χ2v) is 6.72. The van der Waals surface area contributed by atoms with Crippen molar-refractivity contribution in [1.82, 2.24) is 4.90 Å². The molecule has 1 saturated carbocycles.